The smallest absolute Gasteiger partial charge is 0.249 e. The molecular formula is C28H33N3O5. The number of carbonyl (C=O) groups is 1. The number of para-hydroxylation sites is 1. The van der Waals surface area contributed by atoms with E-state index >= 15 is 0 Å². The van der Waals surface area contributed by atoms with E-state index in [1.54, 1.807) is 6.08 Å². The normalized spacial score (nSPS) is 14.1. The lowest BCUT2D eigenvalue weighted by molar-refractivity contribution is -0.117. The lowest BCUT2D eigenvalue weighted by Gasteiger charge is -2.17. The van der Waals surface area contributed by atoms with Crippen molar-refractivity contribution in [2.24, 2.45) is 5.92 Å². The predicted molar refractivity (Wildman–Crippen MR) is 136 cm³/mol. The summed E-state index contributed by atoms with van der Waals surface area (Å²) in [5.74, 6) is 3.47. The van der Waals surface area contributed by atoms with Gasteiger partial charge in [-0.1, -0.05) is 43.3 Å². The van der Waals surface area contributed by atoms with Gasteiger partial charge >= 0.3 is 0 Å². The summed E-state index contributed by atoms with van der Waals surface area (Å²) in [6, 6.07) is 14.8. The minimum atomic E-state index is -0.352. The molecule has 0 saturated heterocycles. The van der Waals surface area contributed by atoms with Gasteiger partial charge in [-0.3, -0.25) is 4.79 Å². The van der Waals surface area contributed by atoms with Gasteiger partial charge in [0.05, 0.1) is 6.61 Å². The molecule has 1 aliphatic rings. The van der Waals surface area contributed by atoms with Gasteiger partial charge in [-0.05, 0) is 61.6 Å². The Balaban J connectivity index is 1.34. The molecule has 190 valence electrons. The van der Waals surface area contributed by atoms with E-state index in [2.05, 4.69) is 15.5 Å². The zero-order chi connectivity index (χ0) is 25.3. The Bertz CT molecular complexity index is 1160. The van der Waals surface area contributed by atoms with Crippen LogP contribution in [0.15, 0.2) is 59.1 Å². The lowest BCUT2D eigenvalue weighted by atomic mass is 10.0. The van der Waals surface area contributed by atoms with E-state index in [0.29, 0.717) is 43.1 Å². The van der Waals surface area contributed by atoms with Crippen molar-refractivity contribution in [1.29, 1.82) is 0 Å². The number of hydrogen-bond donors (Lipinski definition) is 1. The van der Waals surface area contributed by atoms with Crippen LogP contribution in [-0.4, -0.2) is 35.9 Å². The third kappa shape index (κ3) is 7.10. The van der Waals surface area contributed by atoms with Crippen LogP contribution >= 0.6 is 0 Å². The maximum absolute atomic E-state index is 12.7. The molecule has 36 heavy (non-hydrogen) atoms. The van der Waals surface area contributed by atoms with E-state index in [1.165, 1.54) is 6.08 Å². The molecule has 1 heterocycles. The van der Waals surface area contributed by atoms with Crippen LogP contribution in [0.3, 0.4) is 0 Å². The van der Waals surface area contributed by atoms with Gasteiger partial charge in [0, 0.05) is 12.0 Å². The highest BCUT2D eigenvalue weighted by Gasteiger charge is 2.31. The third-order valence-corrected chi connectivity index (χ3v) is 5.68. The fraction of sp³-hybridized carbons (Fsp3) is 0.393. The van der Waals surface area contributed by atoms with Gasteiger partial charge in [-0.15, -0.1) is 0 Å². The van der Waals surface area contributed by atoms with E-state index in [-0.39, 0.29) is 17.9 Å². The first-order chi connectivity index (χ1) is 17.5. The molecule has 0 radical (unpaired) electrons. The van der Waals surface area contributed by atoms with E-state index < -0.39 is 0 Å². The number of carbonyl (C=O) groups excluding carboxylic acids is 1. The molecule has 3 aromatic rings. The van der Waals surface area contributed by atoms with Gasteiger partial charge in [-0.2, -0.15) is 4.98 Å². The van der Waals surface area contributed by atoms with Crippen LogP contribution in [0.5, 0.6) is 17.2 Å². The van der Waals surface area contributed by atoms with Gasteiger partial charge in [0.2, 0.25) is 11.8 Å². The van der Waals surface area contributed by atoms with Gasteiger partial charge in [0.1, 0.15) is 25.0 Å². The number of ether oxygens (including phenoxy) is 3. The number of hydrogen-bond acceptors (Lipinski definition) is 7. The van der Waals surface area contributed by atoms with Crippen LogP contribution in [0.2, 0.25) is 0 Å². The summed E-state index contributed by atoms with van der Waals surface area (Å²) in [5.41, 5.74) is 0.816. The number of aromatic nitrogens is 2. The standard InChI is InChI=1S/C28H33N3O5/c1-4-33-24-18-20(10-14-23(24)35-17-16-34-22-8-6-5-7-9-22)11-15-25(32)29-26(19(2)3)28-30-27(31-36-28)21-12-13-21/h5-11,14-15,18-19,21,26H,4,12-13,16-17H2,1-3H3,(H,29,32)/b15-11+. The first kappa shape index (κ1) is 25.3. The SMILES string of the molecule is CCOc1cc(/C=C/C(=O)NC(c2nc(C3CC3)no2)C(C)C)ccc1OCCOc1ccccc1. The summed E-state index contributed by atoms with van der Waals surface area (Å²) < 4.78 is 22.7. The number of nitrogens with one attached hydrogen (secondary N) is 1. The van der Waals surface area contributed by atoms with Crippen molar-refractivity contribution in [2.45, 2.75) is 45.6 Å². The predicted octanol–water partition coefficient (Wildman–Crippen LogP) is 5.33. The summed E-state index contributed by atoms with van der Waals surface area (Å²) in [6.45, 7) is 7.21. The summed E-state index contributed by atoms with van der Waals surface area (Å²) >= 11 is 0. The maximum Gasteiger partial charge on any atom is 0.249 e. The van der Waals surface area contributed by atoms with Crippen LogP contribution in [0.25, 0.3) is 6.08 Å². The first-order valence-electron chi connectivity index (χ1n) is 12.4. The Hall–Kier alpha value is -3.81. The monoisotopic (exact) mass is 491 g/mol. The maximum atomic E-state index is 12.7. The van der Waals surface area contributed by atoms with Crippen molar-refractivity contribution >= 4 is 12.0 Å². The Kier molecular flexibility index (Phi) is 8.60. The second-order valence-electron chi connectivity index (χ2n) is 8.98. The van der Waals surface area contributed by atoms with Crippen molar-refractivity contribution in [3.63, 3.8) is 0 Å². The molecule has 8 heteroatoms. The van der Waals surface area contributed by atoms with E-state index in [4.69, 9.17) is 18.7 Å². The Morgan fingerprint density at radius 3 is 2.58 bits per heavy atom. The Morgan fingerprint density at radius 2 is 1.86 bits per heavy atom. The van der Waals surface area contributed by atoms with Gasteiger partial charge < -0.3 is 24.1 Å². The van der Waals surface area contributed by atoms with Gasteiger partial charge in [0.15, 0.2) is 17.3 Å². The van der Waals surface area contributed by atoms with Crippen molar-refractivity contribution < 1.29 is 23.5 Å². The third-order valence-electron chi connectivity index (χ3n) is 5.68. The molecule has 1 amide bonds. The zero-order valence-corrected chi connectivity index (χ0v) is 21.0. The molecular weight excluding hydrogens is 458 g/mol. The van der Waals surface area contributed by atoms with Crippen molar-refractivity contribution in [2.75, 3.05) is 19.8 Å². The Morgan fingerprint density at radius 1 is 1.08 bits per heavy atom. The topological polar surface area (TPSA) is 95.7 Å². The highest BCUT2D eigenvalue weighted by Crippen LogP contribution is 2.38. The zero-order valence-electron chi connectivity index (χ0n) is 21.0. The largest absolute Gasteiger partial charge is 0.490 e. The molecule has 8 nitrogen and oxygen atoms in total. The molecule has 1 atom stereocenters. The van der Waals surface area contributed by atoms with Crippen LogP contribution in [0.1, 0.15) is 62.9 Å². The summed E-state index contributed by atoms with van der Waals surface area (Å²) in [4.78, 5) is 17.2. The number of rotatable bonds is 13. The highest BCUT2D eigenvalue weighted by molar-refractivity contribution is 5.92. The molecule has 2 aromatic carbocycles. The quantitative estimate of drug-likeness (QED) is 0.255. The minimum absolute atomic E-state index is 0.0988. The van der Waals surface area contributed by atoms with Gasteiger partial charge in [0.25, 0.3) is 0 Å². The lowest BCUT2D eigenvalue weighted by Crippen LogP contribution is -2.30. The second kappa shape index (κ2) is 12.2. The van der Waals surface area contributed by atoms with Crippen LogP contribution < -0.4 is 19.5 Å². The van der Waals surface area contributed by atoms with E-state index in [9.17, 15) is 4.79 Å². The van der Waals surface area contributed by atoms with Crippen molar-refractivity contribution in [3.05, 3.63) is 71.9 Å². The number of amides is 1. The minimum Gasteiger partial charge on any atom is -0.490 e. The first-order valence-corrected chi connectivity index (χ1v) is 12.4. The molecule has 4 rings (SSSR count). The van der Waals surface area contributed by atoms with Crippen molar-refractivity contribution in [1.82, 2.24) is 15.5 Å². The molecule has 1 fully saturated rings. The van der Waals surface area contributed by atoms with Crippen molar-refractivity contribution in [3.8, 4) is 17.2 Å². The fourth-order valence-electron chi connectivity index (χ4n) is 3.61. The summed E-state index contributed by atoms with van der Waals surface area (Å²) in [7, 11) is 0. The van der Waals surface area contributed by atoms with E-state index in [1.807, 2.05) is 69.3 Å². The molecule has 0 spiro atoms. The van der Waals surface area contributed by atoms with Crippen LogP contribution in [0.4, 0.5) is 0 Å². The molecule has 1 unspecified atom stereocenters. The van der Waals surface area contributed by atoms with Crippen LogP contribution in [0, 0.1) is 5.92 Å². The Labute approximate surface area is 211 Å². The molecule has 0 aliphatic heterocycles. The second-order valence-corrected chi connectivity index (χ2v) is 8.98. The fourth-order valence-corrected chi connectivity index (χ4v) is 3.61. The molecule has 0 bridgehead atoms. The summed E-state index contributed by atoms with van der Waals surface area (Å²) in [5, 5.41) is 7.05. The highest BCUT2D eigenvalue weighted by atomic mass is 16.5. The number of benzene rings is 2. The molecule has 1 N–H and O–H groups in total. The average Bonchev–Trinajstić information content (AvgIpc) is 3.62. The van der Waals surface area contributed by atoms with Crippen LogP contribution in [-0.2, 0) is 4.79 Å². The molecule has 1 aliphatic carbocycles. The van der Waals surface area contributed by atoms with Gasteiger partial charge in [-0.25, -0.2) is 0 Å². The van der Waals surface area contributed by atoms with E-state index in [0.717, 1.165) is 30.0 Å². The summed E-state index contributed by atoms with van der Waals surface area (Å²) in [6.07, 6.45) is 5.42. The number of nitrogens with zero attached hydrogens (tertiary/aromatic N) is 2. The average molecular weight is 492 g/mol. The molecule has 1 saturated carbocycles. The molecule has 1 aromatic heterocycles.